The van der Waals surface area contributed by atoms with Crippen LogP contribution in [0.3, 0.4) is 0 Å². The molecule has 0 radical (unpaired) electrons. The van der Waals surface area contributed by atoms with Gasteiger partial charge in [0, 0.05) is 0 Å². The molecule has 0 atom stereocenters. The molecule has 30 valence electrons. The molecule has 0 aromatic rings. The summed E-state index contributed by atoms with van der Waals surface area (Å²) in [4.78, 5) is 0. The number of rotatable bonds is 0. The van der Waals surface area contributed by atoms with Crippen LogP contribution in [0.25, 0.3) is 0 Å². The molecule has 0 unspecified atom stereocenters. The molecule has 5 heteroatoms. The molecule has 5 heavy (non-hydrogen) atoms. The zero-order valence-corrected chi connectivity index (χ0v) is 3.77. The topological polar surface area (TPSA) is 74.6 Å². The van der Waals surface area contributed by atoms with Crippen molar-refractivity contribution in [3.63, 3.8) is 0 Å². The number of hydrogen-bond acceptors (Lipinski definition) is 4. The molecule has 0 fully saturated rings. The minimum absolute atomic E-state index is 2.00. The Labute approximate surface area is 36.9 Å². The first-order valence-corrected chi connectivity index (χ1v) is 1.88. The first-order chi connectivity index (χ1) is 2.41. The first kappa shape index (κ1) is 8.97. The predicted molar refractivity (Wildman–Crippen MR) is 6.63 cm³/mol. The summed E-state index contributed by atoms with van der Waals surface area (Å²) in [5, 5.41) is 12.0. The third kappa shape index (κ3) is 385. The van der Waals surface area contributed by atoms with Gasteiger partial charge in [0.05, 0.1) is 0 Å². The maximum atomic E-state index is 8.50. The van der Waals surface area contributed by atoms with Crippen LogP contribution in [-0.4, -0.2) is 10.5 Å². The van der Waals surface area contributed by atoms with E-state index in [4.69, 9.17) is 17.2 Å². The van der Waals surface area contributed by atoms with Gasteiger partial charge in [0.1, 0.15) is 0 Å². The van der Waals surface area contributed by atoms with Gasteiger partial charge in [-0.25, -0.2) is 0 Å². The summed E-state index contributed by atoms with van der Waals surface area (Å²) in [7, 11) is 0. The maximum absolute atomic E-state index is 8.50. The van der Waals surface area contributed by atoms with Gasteiger partial charge in [0.15, 0.2) is 0 Å². The van der Waals surface area contributed by atoms with Crippen LogP contribution in [0.2, 0.25) is 0 Å². The van der Waals surface area contributed by atoms with Crippen LogP contribution >= 0.6 is 0 Å². The fourth-order valence-electron chi connectivity index (χ4n) is 0. The van der Waals surface area contributed by atoms with Crippen molar-refractivity contribution in [3.8, 4) is 0 Å². The van der Waals surface area contributed by atoms with Crippen LogP contribution in [0.4, 0.5) is 0 Å². The quantitative estimate of drug-likeness (QED) is 0.259. The van der Waals surface area contributed by atoms with Crippen LogP contribution in [0, 0.1) is 0 Å². The molecule has 0 bridgehead atoms. The molecular formula is H2O4Ti. The normalized spacial score (nSPS) is 2.80. The van der Waals surface area contributed by atoms with Gasteiger partial charge in [-0.1, -0.05) is 0 Å². The van der Waals surface area contributed by atoms with Gasteiger partial charge in [-0.2, -0.15) is 0 Å². The Morgan fingerprint density at radius 1 is 1.20 bits per heavy atom. The van der Waals surface area contributed by atoms with Crippen molar-refractivity contribution in [3.05, 3.63) is 0 Å². The molecule has 2 N–H and O–H groups in total. The average molecular weight is 114 g/mol. The first-order valence-electron chi connectivity index (χ1n) is 0.608. The second-order valence-corrected chi connectivity index (χ2v) is 0.344. The Balaban J connectivity index is 0. The van der Waals surface area contributed by atoms with Crippen LogP contribution in [-0.2, 0) is 25.7 Å². The van der Waals surface area contributed by atoms with Crippen molar-refractivity contribution in [1.29, 1.82) is 0 Å². The van der Waals surface area contributed by atoms with E-state index in [0.29, 0.717) is 0 Å². The molecule has 0 saturated heterocycles. The molecular weight excluding hydrogens is 112 g/mol. The SMILES string of the molecule is OO.[O]=[Ti]=[O]. The van der Waals surface area contributed by atoms with Crippen molar-refractivity contribution in [2.45, 2.75) is 0 Å². The van der Waals surface area contributed by atoms with Gasteiger partial charge in [-0.3, -0.25) is 10.5 Å². The van der Waals surface area contributed by atoms with E-state index in [2.05, 4.69) is 0 Å². The number of hydrogen-bond donors (Lipinski definition) is 2. The van der Waals surface area contributed by atoms with Crippen molar-refractivity contribution >= 4 is 0 Å². The average Bonchev–Trinajstić information content (AvgIpc) is 1.46. The summed E-state index contributed by atoms with van der Waals surface area (Å²) >= 11 is -2.00. The van der Waals surface area contributed by atoms with Crippen LogP contribution < -0.4 is 0 Å². The third-order valence-corrected chi connectivity index (χ3v) is 0. The molecule has 0 amide bonds. The Morgan fingerprint density at radius 2 is 1.20 bits per heavy atom. The zero-order chi connectivity index (χ0) is 4.71. The predicted octanol–water partition coefficient (Wildman–Crippen LogP) is -0.223. The monoisotopic (exact) mass is 114 g/mol. The molecule has 0 aliphatic rings. The van der Waals surface area contributed by atoms with E-state index in [1.54, 1.807) is 0 Å². The van der Waals surface area contributed by atoms with Crippen LogP contribution in [0.5, 0.6) is 0 Å². The van der Waals surface area contributed by atoms with Gasteiger partial charge in [0.25, 0.3) is 0 Å². The van der Waals surface area contributed by atoms with Crippen molar-refractivity contribution in [2.24, 2.45) is 0 Å². The van der Waals surface area contributed by atoms with E-state index in [0.717, 1.165) is 0 Å². The van der Waals surface area contributed by atoms with E-state index in [-0.39, 0.29) is 0 Å². The van der Waals surface area contributed by atoms with Gasteiger partial charge in [-0.15, -0.1) is 0 Å². The second kappa shape index (κ2) is 29.1. The Morgan fingerprint density at radius 3 is 1.20 bits per heavy atom. The standard InChI is InChI=1S/H2O2.2O.Ti/c1-2;;;/h1-2H;;;. The molecule has 0 aliphatic heterocycles. The van der Waals surface area contributed by atoms with E-state index in [1.807, 2.05) is 0 Å². The van der Waals surface area contributed by atoms with Gasteiger partial charge < -0.3 is 0 Å². The molecule has 0 aromatic heterocycles. The summed E-state index contributed by atoms with van der Waals surface area (Å²) in [5.41, 5.74) is 0. The summed E-state index contributed by atoms with van der Waals surface area (Å²) in [6, 6.07) is 0. The molecule has 0 heterocycles. The van der Waals surface area contributed by atoms with Crippen LogP contribution in [0.1, 0.15) is 0 Å². The van der Waals surface area contributed by atoms with Gasteiger partial charge in [0.2, 0.25) is 0 Å². The van der Waals surface area contributed by atoms with E-state index >= 15 is 0 Å². The summed E-state index contributed by atoms with van der Waals surface area (Å²) in [6.45, 7) is 0. The summed E-state index contributed by atoms with van der Waals surface area (Å²) in [6.07, 6.45) is 0. The van der Waals surface area contributed by atoms with Gasteiger partial charge in [-0.05, 0) is 0 Å². The molecule has 4 nitrogen and oxygen atoms in total. The summed E-state index contributed by atoms with van der Waals surface area (Å²) in [5.74, 6) is 0. The van der Waals surface area contributed by atoms with Crippen LogP contribution in [0.15, 0.2) is 0 Å². The fraction of sp³-hybridized carbons (Fsp3) is 0. The Hall–Kier alpha value is 0.234. The third-order valence-electron chi connectivity index (χ3n) is 0. The van der Waals surface area contributed by atoms with Gasteiger partial charge >= 0.3 is 25.7 Å². The van der Waals surface area contributed by atoms with Crippen molar-refractivity contribution in [2.75, 3.05) is 0 Å². The molecule has 0 rings (SSSR count). The van der Waals surface area contributed by atoms with Crippen molar-refractivity contribution < 1.29 is 36.3 Å². The van der Waals surface area contributed by atoms with E-state index in [1.165, 1.54) is 0 Å². The molecule has 0 aromatic carbocycles. The van der Waals surface area contributed by atoms with E-state index < -0.39 is 19.1 Å². The van der Waals surface area contributed by atoms with E-state index in [9.17, 15) is 0 Å². The Kier molecular flexibility index (Phi) is 52.2. The molecule has 0 aliphatic carbocycles. The summed E-state index contributed by atoms with van der Waals surface area (Å²) < 4.78 is 17.0. The molecule has 0 saturated carbocycles. The minimum atomic E-state index is -2.00. The Bertz CT molecular complexity index is 24.6. The molecule has 0 spiro atoms. The fourth-order valence-corrected chi connectivity index (χ4v) is 0. The zero-order valence-electron chi connectivity index (χ0n) is 2.21. The second-order valence-electron chi connectivity index (χ2n) is 0.0833. The van der Waals surface area contributed by atoms with Crippen molar-refractivity contribution in [1.82, 2.24) is 0 Å².